The van der Waals surface area contributed by atoms with E-state index in [9.17, 15) is 9.59 Å². The van der Waals surface area contributed by atoms with Crippen LogP contribution in [0.5, 0.6) is 0 Å². The number of hydrogen-bond acceptors (Lipinski definition) is 6. The molecule has 54 heavy (non-hydrogen) atoms. The Morgan fingerprint density at radius 2 is 1.19 bits per heavy atom. The molecule has 7 nitrogen and oxygen atoms in total. The summed E-state index contributed by atoms with van der Waals surface area (Å²) in [6.07, 6.45) is -0.924. The third-order valence-corrected chi connectivity index (χ3v) is 22.2. The Morgan fingerprint density at radius 3 is 1.61 bits per heavy atom. The van der Waals surface area contributed by atoms with Crippen LogP contribution in [0.2, 0.25) is 0 Å². The van der Waals surface area contributed by atoms with Crippen molar-refractivity contribution in [3.05, 3.63) is 174 Å². The Hall–Kier alpha value is -4.44. The van der Waals surface area contributed by atoms with Crippen LogP contribution in [0.1, 0.15) is 38.0 Å². The van der Waals surface area contributed by atoms with E-state index in [1.54, 1.807) is 25.7 Å². The van der Waals surface area contributed by atoms with Crippen LogP contribution >= 0.6 is 38.0 Å². The molecule has 2 aliphatic heterocycles. The molecule has 0 unspecified atom stereocenters. The predicted octanol–water partition coefficient (Wildman–Crippen LogP) is 8.26. The van der Waals surface area contributed by atoms with E-state index in [2.05, 4.69) is 100 Å². The zero-order valence-electron chi connectivity index (χ0n) is 30.3. The van der Waals surface area contributed by atoms with Crippen LogP contribution in [0, 0.1) is 0 Å². The van der Waals surface area contributed by atoms with Crippen LogP contribution in [0.25, 0.3) is 0 Å². The van der Waals surface area contributed by atoms with Gasteiger partial charge in [-0.1, -0.05) is 0 Å². The van der Waals surface area contributed by atoms with Gasteiger partial charge in [-0.25, -0.2) is 0 Å². The molecule has 0 aromatic heterocycles. The zero-order chi connectivity index (χ0) is 38.0. The van der Waals surface area contributed by atoms with E-state index in [0.29, 0.717) is 11.9 Å². The summed E-state index contributed by atoms with van der Waals surface area (Å²) in [7, 11) is 0. The van der Waals surface area contributed by atoms with E-state index in [4.69, 9.17) is 9.47 Å². The van der Waals surface area contributed by atoms with Gasteiger partial charge in [0, 0.05) is 0 Å². The molecule has 5 aromatic carbocycles. The van der Waals surface area contributed by atoms with Gasteiger partial charge in [0.15, 0.2) is 0 Å². The Morgan fingerprint density at radius 1 is 0.759 bits per heavy atom. The van der Waals surface area contributed by atoms with Gasteiger partial charge < -0.3 is 0 Å². The van der Waals surface area contributed by atoms with Crippen molar-refractivity contribution in [1.29, 1.82) is 0 Å². The number of amides is 2. The van der Waals surface area contributed by atoms with Crippen LogP contribution in [0.3, 0.4) is 0 Å². The number of nitrogens with zero attached hydrogens (tertiary/aromatic N) is 1. The maximum atomic E-state index is 15.0. The van der Waals surface area contributed by atoms with Crippen molar-refractivity contribution in [2.75, 3.05) is 11.9 Å². The van der Waals surface area contributed by atoms with E-state index in [-0.39, 0.29) is 11.6 Å². The van der Waals surface area contributed by atoms with Crippen LogP contribution in [-0.4, -0.2) is 51.8 Å². The summed E-state index contributed by atoms with van der Waals surface area (Å²) >= 11 is 4.25. The first-order chi connectivity index (χ1) is 26.0. The molecule has 7 rings (SSSR count). The number of esters is 1. The number of nitrogens with one attached hydrogen (secondary N) is 1. The quantitative estimate of drug-likeness (QED) is 0.0659. The Balaban J connectivity index is 1.39. The molecule has 0 bridgehead atoms. The van der Waals surface area contributed by atoms with Gasteiger partial charge in [-0.05, 0) is 0 Å². The number of benzene rings is 5. The van der Waals surface area contributed by atoms with Crippen LogP contribution < -0.4 is 21.2 Å². The molecule has 1 saturated heterocycles. The average Bonchev–Trinajstić information content (AvgIpc) is 3.20. The van der Waals surface area contributed by atoms with Gasteiger partial charge in [0.1, 0.15) is 0 Å². The summed E-state index contributed by atoms with van der Waals surface area (Å²) in [5.41, 5.74) is 1.93. The topological polar surface area (TPSA) is 84.9 Å². The minimum atomic E-state index is -3.46. The van der Waals surface area contributed by atoms with E-state index in [1.165, 1.54) is 11.8 Å². The molecule has 2 atom stereocenters. The number of β-lactam (4-membered cyclic amide) rings is 1. The van der Waals surface area contributed by atoms with Gasteiger partial charge in [0.2, 0.25) is 0 Å². The zero-order valence-corrected chi connectivity index (χ0v) is 34.2. The van der Waals surface area contributed by atoms with Crippen molar-refractivity contribution in [3.63, 3.8) is 0 Å². The fraction of sp³-hybridized carbons (Fsp3) is 0.205. The second-order valence-electron chi connectivity index (χ2n) is 14.4. The molecule has 2 amide bonds. The third kappa shape index (κ3) is 7.21. The Labute approximate surface area is 333 Å². The molecule has 1 fully saturated rings. The molecule has 2 heterocycles. The SMILES string of the molecule is CC(C)(C)OC(=O)N[C@@H]1C(=O)N2C(C(=O)OC(c3ccccc3)c3ccccc3)=C(CP(I)(c3ccccc3)(c3ccccc3)c3ccccc3)CS[C@H]12. The minimum absolute atomic E-state index is 0.233. The molecule has 2 aliphatic rings. The van der Waals surface area contributed by atoms with Gasteiger partial charge in [-0.2, -0.15) is 0 Å². The second kappa shape index (κ2) is 15.4. The fourth-order valence-electron chi connectivity index (χ4n) is 7.27. The summed E-state index contributed by atoms with van der Waals surface area (Å²) < 4.78 is 8.60. The van der Waals surface area contributed by atoms with Crippen molar-refractivity contribution in [1.82, 2.24) is 10.2 Å². The standard InChI is InChI=1S/C44H42IN2O5PS/c1-44(2,3)52-43(50)46-37-40(48)47-38(42(49)51-39(31-19-9-4-10-20-31)32-21-11-5-12-22-32)33(30-54-41(37)47)29-53(45,34-23-13-6-14-24-34,35-25-15-7-16-26-35)36-27-17-8-18-28-36/h4-28,37,39,41H,29-30H2,1-3H3,(H,46,50)/t37-,41-/m1/s1. The molecular formula is C44H42IN2O5PS. The van der Waals surface area contributed by atoms with Gasteiger partial charge in [0.05, 0.1) is 0 Å². The van der Waals surface area contributed by atoms with Crippen molar-refractivity contribution < 1.29 is 23.9 Å². The first kappa shape index (κ1) is 37.9. The van der Waals surface area contributed by atoms with E-state index < -0.39 is 39.4 Å². The third-order valence-electron chi connectivity index (χ3n) is 9.71. The molecule has 10 heteroatoms. The molecular weight excluding hydrogens is 826 g/mol. The summed E-state index contributed by atoms with van der Waals surface area (Å²) in [5.74, 6) is -0.528. The van der Waals surface area contributed by atoms with Crippen molar-refractivity contribution in [3.8, 4) is 0 Å². The van der Waals surface area contributed by atoms with Crippen molar-refractivity contribution in [2.24, 2.45) is 0 Å². The second-order valence-corrected chi connectivity index (χ2v) is 26.2. The summed E-state index contributed by atoms with van der Waals surface area (Å²) in [6, 6.07) is 49.9. The number of thioether (sulfide) groups is 1. The average molecular weight is 869 g/mol. The van der Waals surface area contributed by atoms with Crippen molar-refractivity contribution in [2.45, 2.75) is 43.9 Å². The van der Waals surface area contributed by atoms with Crippen LogP contribution in [0.4, 0.5) is 4.79 Å². The summed E-state index contributed by atoms with van der Waals surface area (Å²) in [5, 5.41) is 5.72. The van der Waals surface area contributed by atoms with Gasteiger partial charge >= 0.3 is 336 Å². The molecule has 5 aromatic rings. The van der Waals surface area contributed by atoms with E-state index in [1.807, 2.05) is 78.9 Å². The number of halogens is 1. The maximum absolute atomic E-state index is 15.0. The van der Waals surface area contributed by atoms with Crippen LogP contribution in [0.15, 0.2) is 163 Å². The number of carbonyl (C=O) groups excluding carboxylic acids is 3. The Kier molecular flexibility index (Phi) is 10.8. The Bertz CT molecular complexity index is 2030. The number of alkyl carbamates (subject to hydrolysis) is 1. The summed E-state index contributed by atoms with van der Waals surface area (Å²) in [6.45, 7) is 5.33. The number of fused-ring (bicyclic) bond motifs is 1. The number of ether oxygens (including phenoxy) is 2. The number of carbonyl (C=O) groups is 3. The number of hydrogen-bond donors (Lipinski definition) is 1. The number of rotatable bonds is 10. The first-order valence-corrected chi connectivity index (χ1v) is 24.1. The first-order valence-electron chi connectivity index (χ1n) is 17.8. The molecule has 0 spiro atoms. The van der Waals surface area contributed by atoms with Crippen LogP contribution in [-0.2, 0) is 19.1 Å². The van der Waals surface area contributed by atoms with E-state index >= 15 is 4.79 Å². The van der Waals surface area contributed by atoms with Gasteiger partial charge in [-0.3, -0.25) is 0 Å². The molecule has 276 valence electrons. The van der Waals surface area contributed by atoms with Gasteiger partial charge in [-0.15, -0.1) is 0 Å². The molecule has 0 aliphatic carbocycles. The molecule has 0 radical (unpaired) electrons. The fourth-order valence-corrected chi connectivity index (χ4v) is 17.7. The van der Waals surface area contributed by atoms with Gasteiger partial charge in [0.25, 0.3) is 0 Å². The molecule has 1 N–H and O–H groups in total. The molecule has 0 saturated carbocycles. The monoisotopic (exact) mass is 868 g/mol. The summed E-state index contributed by atoms with van der Waals surface area (Å²) in [4.78, 5) is 43.7. The van der Waals surface area contributed by atoms with Crippen molar-refractivity contribution >= 4 is 71.9 Å². The normalized spacial score (nSPS) is 17.8. The predicted molar refractivity (Wildman–Crippen MR) is 228 cm³/mol. The van der Waals surface area contributed by atoms with E-state index in [0.717, 1.165) is 32.6 Å².